The topological polar surface area (TPSA) is 43.7 Å². The summed E-state index contributed by atoms with van der Waals surface area (Å²) >= 11 is 0. The molecular formula is C15H22FNO2. The number of halogens is 1. The highest BCUT2D eigenvalue weighted by Gasteiger charge is 2.29. The lowest BCUT2D eigenvalue weighted by molar-refractivity contribution is 0.0157. The van der Waals surface area contributed by atoms with Gasteiger partial charge in [0, 0.05) is 18.2 Å². The van der Waals surface area contributed by atoms with Gasteiger partial charge in [-0.25, -0.2) is 4.39 Å². The van der Waals surface area contributed by atoms with E-state index in [9.17, 15) is 14.6 Å². The van der Waals surface area contributed by atoms with Gasteiger partial charge in [-0.3, -0.25) is 4.90 Å². The summed E-state index contributed by atoms with van der Waals surface area (Å²) < 4.78 is 13.6. The van der Waals surface area contributed by atoms with Crippen LogP contribution in [0.3, 0.4) is 0 Å². The molecule has 0 amide bonds. The van der Waals surface area contributed by atoms with Crippen molar-refractivity contribution in [1.82, 2.24) is 4.90 Å². The molecule has 0 aliphatic carbocycles. The second-order valence-electron chi connectivity index (χ2n) is 5.40. The average Bonchev–Trinajstić information content (AvgIpc) is 2.39. The average molecular weight is 267 g/mol. The number of hydrogen-bond acceptors (Lipinski definition) is 3. The van der Waals surface area contributed by atoms with E-state index in [4.69, 9.17) is 0 Å². The third-order valence-electron chi connectivity index (χ3n) is 4.09. The number of nitrogens with zero attached hydrogens (tertiary/aromatic N) is 1. The van der Waals surface area contributed by atoms with Crippen LogP contribution in [0.4, 0.5) is 4.39 Å². The Morgan fingerprint density at radius 2 is 2.16 bits per heavy atom. The number of rotatable bonds is 4. The van der Waals surface area contributed by atoms with Crippen LogP contribution in [0.2, 0.25) is 0 Å². The molecule has 0 aromatic heterocycles. The molecule has 0 saturated carbocycles. The van der Waals surface area contributed by atoms with Gasteiger partial charge in [0.25, 0.3) is 0 Å². The fourth-order valence-electron chi connectivity index (χ4n) is 2.92. The molecule has 106 valence electrons. The highest BCUT2D eigenvalue weighted by atomic mass is 19.1. The molecule has 1 heterocycles. The van der Waals surface area contributed by atoms with Gasteiger partial charge in [0.15, 0.2) is 0 Å². The quantitative estimate of drug-likeness (QED) is 0.876. The number of benzene rings is 1. The Labute approximate surface area is 113 Å². The van der Waals surface area contributed by atoms with Crippen molar-refractivity contribution in [1.29, 1.82) is 0 Å². The Hall–Kier alpha value is -0.970. The SMILES string of the molecule is CC1CCCN(CC(O)c2ccccc2F)C1CO. The van der Waals surface area contributed by atoms with E-state index in [-0.39, 0.29) is 18.5 Å². The summed E-state index contributed by atoms with van der Waals surface area (Å²) in [6.45, 7) is 3.42. The van der Waals surface area contributed by atoms with Crippen LogP contribution >= 0.6 is 0 Å². The Bertz CT molecular complexity index is 413. The number of piperidine rings is 1. The summed E-state index contributed by atoms with van der Waals surface area (Å²) in [4.78, 5) is 2.07. The van der Waals surface area contributed by atoms with Crippen molar-refractivity contribution in [2.24, 2.45) is 5.92 Å². The normalized spacial score (nSPS) is 26.3. The maximum absolute atomic E-state index is 13.6. The van der Waals surface area contributed by atoms with Crippen molar-refractivity contribution in [2.75, 3.05) is 19.7 Å². The standard InChI is InChI=1S/C15H22FNO2/c1-11-5-4-8-17(14(11)10-18)9-15(19)12-6-2-3-7-13(12)16/h2-3,6-7,11,14-15,18-19H,4-5,8-10H2,1H3. The van der Waals surface area contributed by atoms with Gasteiger partial charge in [-0.05, 0) is 31.4 Å². The predicted octanol–water partition coefficient (Wildman–Crippen LogP) is 1.95. The van der Waals surface area contributed by atoms with Crippen LogP contribution in [0.1, 0.15) is 31.4 Å². The Morgan fingerprint density at radius 1 is 1.42 bits per heavy atom. The number of likely N-dealkylation sites (tertiary alicyclic amines) is 1. The molecule has 0 radical (unpaired) electrons. The Morgan fingerprint density at radius 3 is 2.84 bits per heavy atom. The van der Waals surface area contributed by atoms with Crippen LogP contribution < -0.4 is 0 Å². The summed E-state index contributed by atoms with van der Waals surface area (Å²) in [5.41, 5.74) is 0.331. The Balaban J connectivity index is 2.05. The lowest BCUT2D eigenvalue weighted by Crippen LogP contribution is -2.48. The van der Waals surface area contributed by atoms with Gasteiger partial charge in [0.1, 0.15) is 5.82 Å². The minimum Gasteiger partial charge on any atom is -0.395 e. The molecule has 0 bridgehead atoms. The van der Waals surface area contributed by atoms with Gasteiger partial charge >= 0.3 is 0 Å². The molecular weight excluding hydrogens is 245 g/mol. The third-order valence-corrected chi connectivity index (χ3v) is 4.09. The zero-order chi connectivity index (χ0) is 13.8. The molecule has 1 aliphatic rings. The molecule has 1 fully saturated rings. The van der Waals surface area contributed by atoms with E-state index in [2.05, 4.69) is 11.8 Å². The highest BCUT2D eigenvalue weighted by molar-refractivity contribution is 5.20. The van der Waals surface area contributed by atoms with Gasteiger partial charge < -0.3 is 10.2 Å². The second kappa shape index (κ2) is 6.46. The van der Waals surface area contributed by atoms with Crippen LogP contribution in [0.25, 0.3) is 0 Å². The van der Waals surface area contributed by atoms with Gasteiger partial charge in [-0.1, -0.05) is 25.1 Å². The fraction of sp³-hybridized carbons (Fsp3) is 0.600. The maximum Gasteiger partial charge on any atom is 0.129 e. The maximum atomic E-state index is 13.6. The van der Waals surface area contributed by atoms with Gasteiger partial charge in [0.2, 0.25) is 0 Å². The molecule has 19 heavy (non-hydrogen) atoms. The number of hydrogen-bond donors (Lipinski definition) is 2. The van der Waals surface area contributed by atoms with Crippen molar-refractivity contribution in [3.63, 3.8) is 0 Å². The summed E-state index contributed by atoms with van der Waals surface area (Å²) in [6.07, 6.45) is 1.31. The Kier molecular flexibility index (Phi) is 4.91. The molecule has 2 N–H and O–H groups in total. The summed E-state index contributed by atoms with van der Waals surface area (Å²) in [5.74, 6) is 0.0344. The van der Waals surface area contributed by atoms with Crippen molar-refractivity contribution < 1.29 is 14.6 Å². The van der Waals surface area contributed by atoms with E-state index in [0.29, 0.717) is 18.0 Å². The first-order chi connectivity index (χ1) is 9.13. The zero-order valence-electron chi connectivity index (χ0n) is 11.3. The lowest BCUT2D eigenvalue weighted by atomic mass is 9.90. The summed E-state index contributed by atoms with van der Waals surface area (Å²) in [6, 6.07) is 6.38. The van der Waals surface area contributed by atoms with Crippen LogP contribution in [-0.4, -0.2) is 40.9 Å². The number of aliphatic hydroxyl groups is 2. The predicted molar refractivity (Wildman–Crippen MR) is 72.2 cm³/mol. The lowest BCUT2D eigenvalue weighted by Gasteiger charge is -2.40. The molecule has 4 heteroatoms. The first-order valence-corrected chi connectivity index (χ1v) is 6.91. The minimum atomic E-state index is -0.847. The van der Waals surface area contributed by atoms with Gasteiger partial charge in [-0.2, -0.15) is 0 Å². The van der Waals surface area contributed by atoms with E-state index in [1.54, 1.807) is 18.2 Å². The largest absolute Gasteiger partial charge is 0.395 e. The van der Waals surface area contributed by atoms with Crippen LogP contribution in [-0.2, 0) is 0 Å². The van der Waals surface area contributed by atoms with Crippen molar-refractivity contribution >= 4 is 0 Å². The van der Waals surface area contributed by atoms with Crippen molar-refractivity contribution in [3.8, 4) is 0 Å². The zero-order valence-corrected chi connectivity index (χ0v) is 11.3. The first-order valence-electron chi connectivity index (χ1n) is 6.91. The first kappa shape index (κ1) is 14.4. The van der Waals surface area contributed by atoms with Crippen LogP contribution in [0.5, 0.6) is 0 Å². The van der Waals surface area contributed by atoms with Gasteiger partial charge in [0.05, 0.1) is 12.7 Å². The monoisotopic (exact) mass is 267 g/mol. The third kappa shape index (κ3) is 3.32. The van der Waals surface area contributed by atoms with E-state index in [1.165, 1.54) is 6.07 Å². The smallest absolute Gasteiger partial charge is 0.129 e. The second-order valence-corrected chi connectivity index (χ2v) is 5.40. The fourth-order valence-corrected chi connectivity index (χ4v) is 2.92. The van der Waals surface area contributed by atoms with Gasteiger partial charge in [-0.15, -0.1) is 0 Å². The molecule has 1 aliphatic heterocycles. The molecule has 2 rings (SSSR count). The summed E-state index contributed by atoms with van der Waals surface area (Å²) in [5, 5.41) is 19.7. The summed E-state index contributed by atoms with van der Waals surface area (Å²) in [7, 11) is 0. The van der Waals surface area contributed by atoms with E-state index in [1.807, 2.05) is 0 Å². The number of β-amino-alcohol motifs (C(OH)–C–C–N with tert-alkyl or cyclic N) is 1. The van der Waals surface area contributed by atoms with Crippen LogP contribution in [0.15, 0.2) is 24.3 Å². The molecule has 0 spiro atoms. The highest BCUT2D eigenvalue weighted by Crippen LogP contribution is 2.26. The van der Waals surface area contributed by atoms with Crippen molar-refractivity contribution in [2.45, 2.75) is 31.9 Å². The van der Waals surface area contributed by atoms with Crippen molar-refractivity contribution in [3.05, 3.63) is 35.6 Å². The van der Waals surface area contributed by atoms with E-state index < -0.39 is 6.10 Å². The molecule has 1 aromatic carbocycles. The minimum absolute atomic E-state index is 0.0650. The number of aliphatic hydroxyl groups excluding tert-OH is 2. The van der Waals surface area contributed by atoms with E-state index in [0.717, 1.165) is 19.4 Å². The molecule has 1 aromatic rings. The van der Waals surface area contributed by atoms with E-state index >= 15 is 0 Å². The molecule has 3 nitrogen and oxygen atoms in total. The molecule has 3 unspecified atom stereocenters. The van der Waals surface area contributed by atoms with Crippen LogP contribution in [0, 0.1) is 11.7 Å². The molecule has 1 saturated heterocycles. The molecule has 3 atom stereocenters.